The van der Waals surface area contributed by atoms with Crippen LogP contribution < -0.4 is 9.47 Å². The molecule has 0 bridgehead atoms. The normalized spacial score (nSPS) is 11.5. The van der Waals surface area contributed by atoms with E-state index in [1.807, 2.05) is 0 Å². The second-order valence-corrected chi connectivity index (χ2v) is 4.24. The van der Waals surface area contributed by atoms with E-state index in [1.165, 1.54) is 12.6 Å². The summed E-state index contributed by atoms with van der Waals surface area (Å²) in [4.78, 5) is 0. The number of benzene rings is 1. The van der Waals surface area contributed by atoms with Crippen molar-refractivity contribution in [2.45, 2.75) is 6.61 Å². The van der Waals surface area contributed by atoms with Gasteiger partial charge in [0.25, 0.3) is 0 Å². The largest absolute Gasteiger partial charge is 0.493 e. The van der Waals surface area contributed by atoms with E-state index in [0.29, 0.717) is 27.1 Å². The summed E-state index contributed by atoms with van der Waals surface area (Å²) >= 11 is 17.0. The lowest BCUT2D eigenvalue weighted by Crippen LogP contribution is -2.02. The predicted molar refractivity (Wildman–Crippen MR) is 69.2 cm³/mol. The lowest BCUT2D eigenvalue weighted by molar-refractivity contribution is 0.264. The Kier molecular flexibility index (Phi) is 5.92. The van der Waals surface area contributed by atoms with Crippen molar-refractivity contribution in [3.8, 4) is 11.5 Å². The fourth-order valence-electron chi connectivity index (χ4n) is 1.23. The van der Waals surface area contributed by atoms with Gasteiger partial charge in [0.05, 0.1) is 18.7 Å². The number of hydrogen-bond acceptors (Lipinski definition) is 3. The number of rotatable bonds is 5. The third-order valence-corrected chi connectivity index (χ3v) is 2.77. The van der Waals surface area contributed by atoms with Crippen LogP contribution in [0, 0.1) is 0 Å². The highest BCUT2D eigenvalue weighted by Gasteiger charge is 2.12. The standard InChI is InChI=1S/C11H11Cl3O3/c1-16-10-3-8(13)2-7(5-15)11(10)17-6-9(14)4-12/h2-4,15H,5-6H2,1H3/b9-4-. The first kappa shape index (κ1) is 14.5. The summed E-state index contributed by atoms with van der Waals surface area (Å²) in [6.45, 7) is -0.121. The summed E-state index contributed by atoms with van der Waals surface area (Å²) in [5.41, 5.74) is 1.73. The van der Waals surface area contributed by atoms with E-state index in [1.54, 1.807) is 12.1 Å². The van der Waals surface area contributed by atoms with Crippen molar-refractivity contribution in [2.75, 3.05) is 13.7 Å². The van der Waals surface area contributed by atoms with Gasteiger partial charge in [-0.05, 0) is 6.07 Å². The van der Waals surface area contributed by atoms with Gasteiger partial charge in [-0.2, -0.15) is 0 Å². The van der Waals surface area contributed by atoms with Crippen LogP contribution in [0.25, 0.3) is 0 Å². The minimum absolute atomic E-state index is 0.0933. The zero-order valence-electron chi connectivity index (χ0n) is 9.04. The molecule has 1 aromatic rings. The van der Waals surface area contributed by atoms with E-state index >= 15 is 0 Å². The van der Waals surface area contributed by atoms with Gasteiger partial charge in [-0.15, -0.1) is 0 Å². The van der Waals surface area contributed by atoms with Crippen molar-refractivity contribution in [3.05, 3.63) is 33.3 Å². The Bertz CT molecular complexity index is 393. The second-order valence-electron chi connectivity index (χ2n) is 3.10. The fraction of sp³-hybridized carbons (Fsp3) is 0.273. The highest BCUT2D eigenvalue weighted by molar-refractivity contribution is 6.36. The van der Waals surface area contributed by atoms with Crippen LogP contribution in [0.2, 0.25) is 5.02 Å². The van der Waals surface area contributed by atoms with Gasteiger partial charge in [0.15, 0.2) is 11.5 Å². The Morgan fingerprint density at radius 3 is 2.71 bits per heavy atom. The smallest absolute Gasteiger partial charge is 0.167 e. The van der Waals surface area contributed by atoms with Gasteiger partial charge in [0, 0.05) is 22.2 Å². The molecule has 3 nitrogen and oxygen atoms in total. The minimum Gasteiger partial charge on any atom is -0.493 e. The molecular formula is C11H11Cl3O3. The van der Waals surface area contributed by atoms with Crippen LogP contribution in [0.3, 0.4) is 0 Å². The van der Waals surface area contributed by atoms with Crippen molar-refractivity contribution in [3.63, 3.8) is 0 Å². The van der Waals surface area contributed by atoms with Gasteiger partial charge >= 0.3 is 0 Å². The highest BCUT2D eigenvalue weighted by Crippen LogP contribution is 2.35. The monoisotopic (exact) mass is 296 g/mol. The van der Waals surface area contributed by atoms with E-state index in [9.17, 15) is 5.11 Å². The van der Waals surface area contributed by atoms with Crippen molar-refractivity contribution in [1.82, 2.24) is 0 Å². The zero-order valence-corrected chi connectivity index (χ0v) is 11.3. The third kappa shape index (κ3) is 3.96. The van der Waals surface area contributed by atoms with Gasteiger partial charge < -0.3 is 14.6 Å². The van der Waals surface area contributed by atoms with Crippen molar-refractivity contribution in [2.24, 2.45) is 0 Å². The van der Waals surface area contributed by atoms with Crippen LogP contribution in [0.5, 0.6) is 11.5 Å². The molecule has 1 aromatic carbocycles. The van der Waals surface area contributed by atoms with Gasteiger partial charge in [0.1, 0.15) is 6.61 Å². The van der Waals surface area contributed by atoms with E-state index in [-0.39, 0.29) is 13.2 Å². The summed E-state index contributed by atoms with van der Waals surface area (Å²) in [5, 5.41) is 10.0. The molecule has 0 aliphatic carbocycles. The molecule has 0 aliphatic heterocycles. The number of aliphatic hydroxyl groups is 1. The Labute approximate surface area is 114 Å². The molecule has 0 radical (unpaired) electrons. The molecule has 0 saturated carbocycles. The summed E-state index contributed by atoms with van der Waals surface area (Å²) in [6, 6.07) is 3.19. The lowest BCUT2D eigenvalue weighted by Gasteiger charge is -2.14. The molecule has 0 aromatic heterocycles. The number of ether oxygens (including phenoxy) is 2. The zero-order chi connectivity index (χ0) is 12.8. The van der Waals surface area contributed by atoms with Crippen LogP contribution in [-0.4, -0.2) is 18.8 Å². The molecule has 0 saturated heterocycles. The van der Waals surface area contributed by atoms with E-state index in [2.05, 4.69) is 0 Å². The molecule has 0 heterocycles. The Morgan fingerprint density at radius 2 is 2.18 bits per heavy atom. The van der Waals surface area contributed by atoms with Crippen LogP contribution in [0.4, 0.5) is 0 Å². The summed E-state index contributed by atoms with van der Waals surface area (Å²) in [5.74, 6) is 0.830. The molecule has 0 unspecified atom stereocenters. The maximum absolute atomic E-state index is 9.22. The molecule has 0 aliphatic rings. The molecule has 17 heavy (non-hydrogen) atoms. The molecular weight excluding hydrogens is 286 g/mol. The molecule has 0 spiro atoms. The molecule has 0 amide bonds. The lowest BCUT2D eigenvalue weighted by atomic mass is 10.2. The number of halogens is 3. The minimum atomic E-state index is -0.214. The summed E-state index contributed by atoms with van der Waals surface area (Å²) in [6.07, 6.45) is 0. The van der Waals surface area contributed by atoms with E-state index in [4.69, 9.17) is 44.3 Å². The predicted octanol–water partition coefficient (Wildman–Crippen LogP) is 3.54. The van der Waals surface area contributed by atoms with Gasteiger partial charge in [0.2, 0.25) is 0 Å². The molecule has 6 heteroatoms. The molecule has 94 valence electrons. The summed E-state index contributed by atoms with van der Waals surface area (Å²) in [7, 11) is 1.48. The quantitative estimate of drug-likeness (QED) is 0.903. The first-order chi connectivity index (χ1) is 8.12. The highest BCUT2D eigenvalue weighted by atomic mass is 35.5. The fourth-order valence-corrected chi connectivity index (χ4v) is 1.58. The van der Waals surface area contributed by atoms with E-state index in [0.717, 1.165) is 0 Å². The molecule has 1 N–H and O–H groups in total. The van der Waals surface area contributed by atoms with Crippen molar-refractivity contribution >= 4 is 34.8 Å². The molecule has 0 fully saturated rings. The SMILES string of the molecule is COc1cc(Cl)cc(CO)c1OC/C(Cl)=C/Cl. The van der Waals surface area contributed by atoms with Crippen LogP contribution in [0.15, 0.2) is 22.7 Å². The van der Waals surface area contributed by atoms with Gasteiger partial charge in [-0.25, -0.2) is 0 Å². The molecule has 1 rings (SSSR count). The third-order valence-electron chi connectivity index (χ3n) is 1.96. The van der Waals surface area contributed by atoms with Crippen LogP contribution >= 0.6 is 34.8 Å². The average Bonchev–Trinajstić information content (AvgIpc) is 2.35. The van der Waals surface area contributed by atoms with Crippen LogP contribution in [-0.2, 0) is 6.61 Å². The first-order valence-electron chi connectivity index (χ1n) is 4.67. The van der Waals surface area contributed by atoms with E-state index < -0.39 is 0 Å². The van der Waals surface area contributed by atoms with Crippen molar-refractivity contribution < 1.29 is 14.6 Å². The van der Waals surface area contributed by atoms with Gasteiger partial charge in [-0.3, -0.25) is 0 Å². The van der Waals surface area contributed by atoms with Crippen molar-refractivity contribution in [1.29, 1.82) is 0 Å². The topological polar surface area (TPSA) is 38.7 Å². The second kappa shape index (κ2) is 6.97. The molecule has 0 atom stereocenters. The number of aliphatic hydroxyl groups excluding tert-OH is 1. The number of hydrogen-bond donors (Lipinski definition) is 1. The number of methoxy groups -OCH3 is 1. The Hall–Kier alpha value is -0.610. The average molecular weight is 298 g/mol. The van der Waals surface area contributed by atoms with Gasteiger partial charge in [-0.1, -0.05) is 34.8 Å². The summed E-state index contributed by atoms with van der Waals surface area (Å²) < 4.78 is 10.5. The maximum atomic E-state index is 9.22. The Morgan fingerprint density at radius 1 is 1.47 bits per heavy atom. The Balaban J connectivity index is 3.02. The first-order valence-corrected chi connectivity index (χ1v) is 5.86. The van der Waals surface area contributed by atoms with Crippen LogP contribution in [0.1, 0.15) is 5.56 Å². The maximum Gasteiger partial charge on any atom is 0.167 e.